The summed E-state index contributed by atoms with van der Waals surface area (Å²) in [4.78, 5) is 0. The van der Waals surface area contributed by atoms with Gasteiger partial charge in [0.2, 0.25) is 0 Å². The van der Waals surface area contributed by atoms with E-state index in [0.29, 0.717) is 0 Å². The highest BCUT2D eigenvalue weighted by atomic mass is 14.9. The van der Waals surface area contributed by atoms with Crippen LogP contribution >= 0.6 is 0 Å². The molecule has 0 heterocycles. The summed E-state index contributed by atoms with van der Waals surface area (Å²) >= 11 is 0. The Kier molecular flexibility index (Phi) is 2.39. The van der Waals surface area contributed by atoms with Crippen LogP contribution in [0.15, 0.2) is 0 Å². The van der Waals surface area contributed by atoms with E-state index in [2.05, 4.69) is 26.2 Å². The SMILES string of the molecule is CNC1CC2(CCC1C(C)C)CC2. The first-order valence-corrected chi connectivity index (χ1v) is 5.84. The smallest absolute Gasteiger partial charge is 0.0100 e. The van der Waals surface area contributed by atoms with Crippen molar-refractivity contribution in [1.29, 1.82) is 0 Å². The van der Waals surface area contributed by atoms with Crippen molar-refractivity contribution in [2.75, 3.05) is 7.05 Å². The van der Waals surface area contributed by atoms with Crippen molar-refractivity contribution in [2.45, 2.75) is 52.0 Å². The van der Waals surface area contributed by atoms with E-state index in [1.807, 2.05) is 0 Å². The Morgan fingerprint density at radius 3 is 2.38 bits per heavy atom. The van der Waals surface area contributed by atoms with Gasteiger partial charge in [0, 0.05) is 6.04 Å². The summed E-state index contributed by atoms with van der Waals surface area (Å²) in [5.74, 6) is 1.78. The van der Waals surface area contributed by atoms with Gasteiger partial charge < -0.3 is 5.32 Å². The van der Waals surface area contributed by atoms with E-state index in [1.54, 1.807) is 0 Å². The molecule has 1 spiro atoms. The molecule has 76 valence electrons. The molecule has 2 rings (SSSR count). The van der Waals surface area contributed by atoms with Gasteiger partial charge in [-0.2, -0.15) is 0 Å². The summed E-state index contributed by atoms with van der Waals surface area (Å²) in [6, 6.07) is 0.802. The standard InChI is InChI=1S/C12H23N/c1-9(2)10-4-5-12(6-7-12)8-11(10)13-3/h9-11,13H,4-8H2,1-3H3. The lowest BCUT2D eigenvalue weighted by Crippen LogP contribution is -2.42. The fourth-order valence-electron chi connectivity index (χ4n) is 3.14. The number of nitrogens with one attached hydrogen (secondary N) is 1. The lowest BCUT2D eigenvalue weighted by Gasteiger charge is -2.38. The minimum Gasteiger partial charge on any atom is -0.317 e. The summed E-state index contributed by atoms with van der Waals surface area (Å²) in [5, 5.41) is 3.53. The second kappa shape index (κ2) is 3.27. The molecule has 0 aliphatic heterocycles. The molecule has 1 N–H and O–H groups in total. The van der Waals surface area contributed by atoms with Crippen molar-refractivity contribution >= 4 is 0 Å². The van der Waals surface area contributed by atoms with Gasteiger partial charge in [0.25, 0.3) is 0 Å². The Balaban J connectivity index is 1.98. The molecule has 0 aromatic heterocycles. The van der Waals surface area contributed by atoms with Gasteiger partial charge in [-0.15, -0.1) is 0 Å². The van der Waals surface area contributed by atoms with Crippen LogP contribution < -0.4 is 5.32 Å². The quantitative estimate of drug-likeness (QED) is 0.690. The Morgan fingerprint density at radius 1 is 1.23 bits per heavy atom. The normalized spacial score (nSPS) is 36.9. The highest BCUT2D eigenvalue weighted by molar-refractivity contribution is 5.01. The molecule has 2 atom stereocenters. The number of rotatable bonds is 2. The third-order valence-electron chi connectivity index (χ3n) is 4.36. The maximum absolute atomic E-state index is 3.53. The van der Waals surface area contributed by atoms with E-state index in [-0.39, 0.29) is 0 Å². The highest BCUT2D eigenvalue weighted by Crippen LogP contribution is 2.57. The minimum absolute atomic E-state index is 0.802. The Bertz CT molecular complexity index is 182. The third kappa shape index (κ3) is 1.76. The van der Waals surface area contributed by atoms with Gasteiger partial charge in [0.1, 0.15) is 0 Å². The van der Waals surface area contributed by atoms with E-state index in [0.717, 1.165) is 23.3 Å². The van der Waals surface area contributed by atoms with Crippen molar-refractivity contribution in [1.82, 2.24) is 5.32 Å². The van der Waals surface area contributed by atoms with Crippen molar-refractivity contribution in [3.8, 4) is 0 Å². The van der Waals surface area contributed by atoms with Crippen LogP contribution in [-0.4, -0.2) is 13.1 Å². The van der Waals surface area contributed by atoms with Gasteiger partial charge in [-0.1, -0.05) is 13.8 Å². The molecule has 2 aliphatic rings. The average Bonchev–Trinajstić information content (AvgIpc) is 2.84. The summed E-state index contributed by atoms with van der Waals surface area (Å²) in [6.45, 7) is 4.75. The van der Waals surface area contributed by atoms with Gasteiger partial charge in [0.05, 0.1) is 0 Å². The molecule has 0 radical (unpaired) electrons. The molecule has 2 fully saturated rings. The zero-order valence-electron chi connectivity index (χ0n) is 9.27. The van der Waals surface area contributed by atoms with Crippen molar-refractivity contribution in [2.24, 2.45) is 17.3 Å². The molecule has 0 saturated heterocycles. The average molecular weight is 181 g/mol. The zero-order chi connectivity index (χ0) is 9.47. The molecular formula is C12H23N. The highest BCUT2D eigenvalue weighted by Gasteiger charge is 2.48. The molecular weight excluding hydrogens is 158 g/mol. The minimum atomic E-state index is 0.802. The first kappa shape index (κ1) is 9.51. The van der Waals surface area contributed by atoms with Crippen LogP contribution in [0.1, 0.15) is 46.0 Å². The fraction of sp³-hybridized carbons (Fsp3) is 1.00. The molecule has 2 saturated carbocycles. The predicted octanol–water partition coefficient (Wildman–Crippen LogP) is 2.81. The van der Waals surface area contributed by atoms with Crippen LogP contribution in [0.2, 0.25) is 0 Å². The molecule has 0 aromatic rings. The monoisotopic (exact) mass is 181 g/mol. The number of hydrogen-bond donors (Lipinski definition) is 1. The third-order valence-corrected chi connectivity index (χ3v) is 4.36. The maximum atomic E-state index is 3.53. The molecule has 0 amide bonds. The van der Waals surface area contributed by atoms with Crippen LogP contribution in [0.3, 0.4) is 0 Å². The van der Waals surface area contributed by atoms with Gasteiger partial charge in [0.15, 0.2) is 0 Å². The molecule has 1 heteroatoms. The summed E-state index contributed by atoms with van der Waals surface area (Å²) < 4.78 is 0. The molecule has 0 aromatic carbocycles. The van der Waals surface area contributed by atoms with Gasteiger partial charge in [-0.3, -0.25) is 0 Å². The first-order chi connectivity index (χ1) is 6.17. The number of hydrogen-bond acceptors (Lipinski definition) is 1. The predicted molar refractivity (Wildman–Crippen MR) is 56.7 cm³/mol. The van der Waals surface area contributed by atoms with Crippen LogP contribution in [0.5, 0.6) is 0 Å². The van der Waals surface area contributed by atoms with Crippen molar-refractivity contribution in [3.05, 3.63) is 0 Å². The molecule has 13 heavy (non-hydrogen) atoms. The maximum Gasteiger partial charge on any atom is 0.0100 e. The van der Waals surface area contributed by atoms with Gasteiger partial charge in [-0.25, -0.2) is 0 Å². The lowest BCUT2D eigenvalue weighted by atomic mass is 9.72. The van der Waals surface area contributed by atoms with E-state index in [4.69, 9.17) is 0 Å². The summed E-state index contributed by atoms with van der Waals surface area (Å²) in [7, 11) is 2.14. The van der Waals surface area contributed by atoms with Gasteiger partial charge in [-0.05, 0) is 56.4 Å². The lowest BCUT2D eigenvalue weighted by molar-refractivity contribution is 0.157. The zero-order valence-corrected chi connectivity index (χ0v) is 9.27. The van der Waals surface area contributed by atoms with E-state index in [1.165, 1.54) is 32.1 Å². The van der Waals surface area contributed by atoms with Crippen LogP contribution in [0.25, 0.3) is 0 Å². The van der Waals surface area contributed by atoms with Gasteiger partial charge >= 0.3 is 0 Å². The molecule has 2 aliphatic carbocycles. The van der Waals surface area contributed by atoms with Crippen molar-refractivity contribution < 1.29 is 0 Å². The molecule has 1 nitrogen and oxygen atoms in total. The van der Waals surface area contributed by atoms with E-state index < -0.39 is 0 Å². The van der Waals surface area contributed by atoms with E-state index in [9.17, 15) is 0 Å². The van der Waals surface area contributed by atoms with Crippen LogP contribution in [-0.2, 0) is 0 Å². The van der Waals surface area contributed by atoms with Crippen LogP contribution in [0.4, 0.5) is 0 Å². The van der Waals surface area contributed by atoms with Crippen molar-refractivity contribution in [3.63, 3.8) is 0 Å². The fourth-order valence-corrected chi connectivity index (χ4v) is 3.14. The summed E-state index contributed by atoms with van der Waals surface area (Å²) in [6.07, 6.45) is 7.44. The Hall–Kier alpha value is -0.0400. The molecule has 2 unspecified atom stereocenters. The Morgan fingerprint density at radius 2 is 1.92 bits per heavy atom. The first-order valence-electron chi connectivity index (χ1n) is 5.84. The second-order valence-electron chi connectivity index (χ2n) is 5.55. The second-order valence-corrected chi connectivity index (χ2v) is 5.55. The summed E-state index contributed by atoms with van der Waals surface area (Å²) in [5.41, 5.74) is 0.805. The Labute approximate surface area is 82.3 Å². The molecule has 0 bridgehead atoms. The van der Waals surface area contributed by atoms with E-state index >= 15 is 0 Å². The largest absolute Gasteiger partial charge is 0.317 e. The van der Waals surface area contributed by atoms with Crippen LogP contribution in [0, 0.1) is 17.3 Å². The topological polar surface area (TPSA) is 12.0 Å².